The Morgan fingerprint density at radius 2 is 1.73 bits per heavy atom. The van der Waals surface area contributed by atoms with E-state index in [0.717, 1.165) is 18.2 Å². The molecule has 0 saturated heterocycles. The molecule has 0 aliphatic rings. The van der Waals surface area contributed by atoms with Gasteiger partial charge in [0.2, 0.25) is 0 Å². The molecule has 1 aromatic rings. The van der Waals surface area contributed by atoms with Crippen LogP contribution >= 0.6 is 0 Å². The minimum absolute atomic E-state index is 0.305. The number of phenolic OH excluding ortho intramolecular Hbond substituents is 2. The Bertz CT molecular complexity index is 261. The molecular weight excluding hydrogens is 154 g/mol. The smallest absolute Gasteiger partial charge is 0.263 e. The monoisotopic (exact) mass is 160 g/mol. The summed E-state index contributed by atoms with van der Waals surface area (Å²) in [5.41, 5.74) is -0.305. The molecule has 2 nitrogen and oxygen atoms in total. The Kier molecular flexibility index (Phi) is 1.94. The van der Waals surface area contributed by atoms with E-state index in [1.54, 1.807) is 0 Å². The van der Waals surface area contributed by atoms with Crippen molar-refractivity contribution in [3.05, 3.63) is 23.8 Å². The molecular formula is C7H6F2O2. The van der Waals surface area contributed by atoms with Gasteiger partial charge in [-0.2, -0.15) is 0 Å². The van der Waals surface area contributed by atoms with Crippen LogP contribution in [0.25, 0.3) is 0 Å². The lowest BCUT2D eigenvalue weighted by atomic mass is 10.2. The lowest BCUT2D eigenvalue weighted by molar-refractivity contribution is 0.151. The third-order valence-corrected chi connectivity index (χ3v) is 1.25. The fraction of sp³-hybridized carbons (Fsp3) is 0.143. The zero-order chi connectivity index (χ0) is 8.43. The van der Waals surface area contributed by atoms with Crippen LogP contribution in [0.3, 0.4) is 0 Å². The molecule has 0 spiro atoms. The first-order chi connectivity index (χ1) is 5.11. The highest BCUT2D eigenvalue weighted by Crippen LogP contribution is 2.29. The van der Waals surface area contributed by atoms with E-state index in [-0.39, 0.29) is 5.56 Å². The Labute approximate surface area is 61.7 Å². The van der Waals surface area contributed by atoms with Crippen LogP contribution in [0.2, 0.25) is 0 Å². The number of alkyl halides is 2. The molecule has 0 radical (unpaired) electrons. The van der Waals surface area contributed by atoms with Gasteiger partial charge in [-0.15, -0.1) is 0 Å². The summed E-state index contributed by atoms with van der Waals surface area (Å²) in [5, 5.41) is 17.5. The number of rotatable bonds is 1. The predicted octanol–water partition coefficient (Wildman–Crippen LogP) is 2.04. The van der Waals surface area contributed by atoms with Crippen LogP contribution < -0.4 is 0 Å². The molecule has 0 atom stereocenters. The van der Waals surface area contributed by atoms with Gasteiger partial charge in [-0.05, 0) is 18.2 Å². The van der Waals surface area contributed by atoms with Crippen molar-refractivity contribution in [1.82, 2.24) is 0 Å². The van der Waals surface area contributed by atoms with Gasteiger partial charge in [-0.3, -0.25) is 0 Å². The van der Waals surface area contributed by atoms with Gasteiger partial charge in [0.15, 0.2) is 11.5 Å². The maximum absolute atomic E-state index is 11.9. The second kappa shape index (κ2) is 2.74. The molecule has 0 amide bonds. The van der Waals surface area contributed by atoms with Crippen LogP contribution in [0.4, 0.5) is 8.78 Å². The molecule has 0 unspecified atom stereocenters. The zero-order valence-electron chi connectivity index (χ0n) is 5.46. The van der Waals surface area contributed by atoms with E-state index >= 15 is 0 Å². The molecule has 11 heavy (non-hydrogen) atoms. The van der Waals surface area contributed by atoms with Crippen LogP contribution in [0, 0.1) is 0 Å². The molecule has 2 N–H and O–H groups in total. The number of halogens is 2. The van der Waals surface area contributed by atoms with Crippen molar-refractivity contribution >= 4 is 0 Å². The van der Waals surface area contributed by atoms with Gasteiger partial charge in [0.05, 0.1) is 0 Å². The van der Waals surface area contributed by atoms with Crippen molar-refractivity contribution in [2.75, 3.05) is 0 Å². The molecule has 0 saturated carbocycles. The Hall–Kier alpha value is -1.32. The molecule has 0 aromatic heterocycles. The van der Waals surface area contributed by atoms with Crippen molar-refractivity contribution in [3.63, 3.8) is 0 Å². The molecule has 0 aliphatic heterocycles. The first kappa shape index (κ1) is 7.78. The van der Waals surface area contributed by atoms with Gasteiger partial charge >= 0.3 is 0 Å². The molecule has 0 fully saturated rings. The number of aromatic hydroxyl groups is 2. The average molecular weight is 160 g/mol. The molecule has 0 aliphatic carbocycles. The van der Waals surface area contributed by atoms with Crippen molar-refractivity contribution in [2.24, 2.45) is 0 Å². The van der Waals surface area contributed by atoms with E-state index in [2.05, 4.69) is 0 Å². The fourth-order valence-corrected chi connectivity index (χ4v) is 0.676. The maximum Gasteiger partial charge on any atom is 0.263 e. The third-order valence-electron chi connectivity index (χ3n) is 1.25. The number of phenols is 2. The lowest BCUT2D eigenvalue weighted by Gasteiger charge is -2.00. The fourth-order valence-electron chi connectivity index (χ4n) is 0.676. The van der Waals surface area contributed by atoms with E-state index < -0.39 is 17.9 Å². The quantitative estimate of drug-likeness (QED) is 0.617. The largest absolute Gasteiger partial charge is 0.504 e. The van der Waals surface area contributed by atoms with Crippen LogP contribution in [-0.4, -0.2) is 10.2 Å². The molecule has 4 heteroatoms. The average Bonchev–Trinajstić information content (AvgIpc) is 1.94. The van der Waals surface area contributed by atoms with Crippen molar-refractivity contribution in [2.45, 2.75) is 6.43 Å². The minimum Gasteiger partial charge on any atom is -0.504 e. The topological polar surface area (TPSA) is 40.5 Å². The van der Waals surface area contributed by atoms with E-state index in [1.165, 1.54) is 0 Å². The van der Waals surface area contributed by atoms with E-state index in [9.17, 15) is 8.78 Å². The second-order valence-corrected chi connectivity index (χ2v) is 2.05. The summed E-state index contributed by atoms with van der Waals surface area (Å²) in [4.78, 5) is 0. The standard InChI is InChI=1S/C7H6F2O2/c8-7(9)4-1-2-5(10)6(11)3-4/h1-3,7,10-11H. The van der Waals surface area contributed by atoms with Crippen LogP contribution in [0.15, 0.2) is 18.2 Å². The van der Waals surface area contributed by atoms with Crippen molar-refractivity contribution in [1.29, 1.82) is 0 Å². The van der Waals surface area contributed by atoms with Gasteiger partial charge in [0.1, 0.15) is 0 Å². The highest BCUT2D eigenvalue weighted by molar-refractivity contribution is 5.40. The molecule has 0 bridgehead atoms. The molecule has 1 aromatic carbocycles. The Morgan fingerprint density at radius 1 is 1.09 bits per heavy atom. The Balaban J connectivity index is 3.05. The maximum atomic E-state index is 11.9. The predicted molar refractivity (Wildman–Crippen MR) is 34.7 cm³/mol. The van der Waals surface area contributed by atoms with E-state index in [1.807, 2.05) is 0 Å². The first-order valence-electron chi connectivity index (χ1n) is 2.91. The van der Waals surface area contributed by atoms with Gasteiger partial charge in [0, 0.05) is 5.56 Å². The second-order valence-electron chi connectivity index (χ2n) is 2.05. The van der Waals surface area contributed by atoms with E-state index in [4.69, 9.17) is 10.2 Å². The molecule has 60 valence electrons. The summed E-state index contributed by atoms with van der Waals surface area (Å²) in [6.07, 6.45) is -2.62. The normalized spacial score (nSPS) is 10.5. The summed E-state index contributed by atoms with van der Waals surface area (Å²) in [6.45, 7) is 0. The summed E-state index contributed by atoms with van der Waals surface area (Å²) in [5.74, 6) is -0.919. The van der Waals surface area contributed by atoms with Crippen LogP contribution in [0.1, 0.15) is 12.0 Å². The number of hydrogen-bond acceptors (Lipinski definition) is 2. The summed E-state index contributed by atoms with van der Waals surface area (Å²) >= 11 is 0. The van der Waals surface area contributed by atoms with Gasteiger partial charge in [-0.25, -0.2) is 8.78 Å². The SMILES string of the molecule is Oc1ccc(C(F)F)cc1O. The minimum atomic E-state index is -2.62. The van der Waals surface area contributed by atoms with Gasteiger partial charge in [0.25, 0.3) is 6.43 Å². The molecule has 0 heterocycles. The van der Waals surface area contributed by atoms with Crippen LogP contribution in [0.5, 0.6) is 11.5 Å². The van der Waals surface area contributed by atoms with Gasteiger partial charge < -0.3 is 10.2 Å². The summed E-state index contributed by atoms with van der Waals surface area (Å²) < 4.78 is 23.8. The van der Waals surface area contributed by atoms with Gasteiger partial charge in [-0.1, -0.05) is 0 Å². The lowest BCUT2D eigenvalue weighted by Crippen LogP contribution is -1.82. The van der Waals surface area contributed by atoms with Crippen molar-refractivity contribution < 1.29 is 19.0 Å². The number of hydrogen-bond donors (Lipinski definition) is 2. The van der Waals surface area contributed by atoms with Crippen LogP contribution in [-0.2, 0) is 0 Å². The van der Waals surface area contributed by atoms with E-state index in [0.29, 0.717) is 0 Å². The highest BCUT2D eigenvalue weighted by Gasteiger charge is 2.08. The zero-order valence-corrected chi connectivity index (χ0v) is 5.46. The Morgan fingerprint density at radius 3 is 2.18 bits per heavy atom. The summed E-state index contributed by atoms with van der Waals surface area (Å²) in [6, 6.07) is 2.91. The summed E-state index contributed by atoms with van der Waals surface area (Å²) in [7, 11) is 0. The third kappa shape index (κ3) is 1.58. The number of benzene rings is 1. The highest BCUT2D eigenvalue weighted by atomic mass is 19.3. The first-order valence-corrected chi connectivity index (χ1v) is 2.91. The van der Waals surface area contributed by atoms with Crippen molar-refractivity contribution in [3.8, 4) is 11.5 Å². The molecule has 1 rings (SSSR count).